The van der Waals surface area contributed by atoms with Gasteiger partial charge in [-0.2, -0.15) is 0 Å². The number of nitrogens with one attached hydrogen (secondary N) is 1. The first kappa shape index (κ1) is 17.9. The normalized spacial score (nSPS) is 13.7. The van der Waals surface area contributed by atoms with Gasteiger partial charge >= 0.3 is 0 Å². The molecule has 0 atom stereocenters. The molecule has 2 heteroatoms. The van der Waals surface area contributed by atoms with Crippen LogP contribution < -0.4 is 5.32 Å². The Bertz CT molecular complexity index is 219. The summed E-state index contributed by atoms with van der Waals surface area (Å²) in [7, 11) is 0. The lowest BCUT2D eigenvalue weighted by Gasteiger charge is -2.32. The lowest BCUT2D eigenvalue weighted by atomic mass is 9.78. The van der Waals surface area contributed by atoms with Gasteiger partial charge in [0.2, 0.25) is 0 Å². The topological polar surface area (TPSA) is 21.3 Å². The van der Waals surface area contributed by atoms with Crippen LogP contribution >= 0.6 is 0 Å². The molecule has 1 N–H and O–H groups in total. The van der Waals surface area contributed by atoms with Crippen molar-refractivity contribution in [3.8, 4) is 0 Å². The molecule has 0 amide bonds. The van der Waals surface area contributed by atoms with E-state index in [1.807, 2.05) is 0 Å². The first-order chi connectivity index (χ1) is 8.07. The number of hydrogen-bond acceptors (Lipinski definition) is 2. The molecule has 0 fully saturated rings. The van der Waals surface area contributed by atoms with Gasteiger partial charge in [-0.25, -0.2) is 0 Å². The molecule has 0 unspecified atom stereocenters. The van der Waals surface area contributed by atoms with Crippen LogP contribution in [0.5, 0.6) is 0 Å². The van der Waals surface area contributed by atoms with Crippen molar-refractivity contribution in [2.75, 3.05) is 13.2 Å². The van der Waals surface area contributed by atoms with Gasteiger partial charge in [-0.15, -0.1) is 0 Å². The zero-order valence-electron chi connectivity index (χ0n) is 13.9. The van der Waals surface area contributed by atoms with E-state index in [9.17, 15) is 0 Å². The van der Waals surface area contributed by atoms with Gasteiger partial charge in [0.25, 0.3) is 0 Å². The molecular formula is C16H35NO. The van der Waals surface area contributed by atoms with E-state index in [0.717, 1.165) is 26.0 Å². The summed E-state index contributed by atoms with van der Waals surface area (Å²) in [5.74, 6) is 0.701. The van der Waals surface area contributed by atoms with Crippen molar-refractivity contribution in [2.24, 2.45) is 11.3 Å². The fourth-order valence-electron chi connectivity index (χ4n) is 1.61. The van der Waals surface area contributed by atoms with E-state index < -0.39 is 0 Å². The molecule has 0 bridgehead atoms. The van der Waals surface area contributed by atoms with Crippen LogP contribution in [0, 0.1) is 11.3 Å². The van der Waals surface area contributed by atoms with E-state index in [-0.39, 0.29) is 5.60 Å². The highest BCUT2D eigenvalue weighted by atomic mass is 16.5. The van der Waals surface area contributed by atoms with Crippen molar-refractivity contribution in [3.05, 3.63) is 0 Å². The van der Waals surface area contributed by atoms with E-state index in [1.54, 1.807) is 0 Å². The Morgan fingerprint density at radius 3 is 1.94 bits per heavy atom. The van der Waals surface area contributed by atoms with E-state index in [2.05, 4.69) is 60.7 Å². The highest BCUT2D eigenvalue weighted by Gasteiger charge is 2.24. The smallest absolute Gasteiger partial charge is 0.0638 e. The van der Waals surface area contributed by atoms with Crippen molar-refractivity contribution in [1.29, 1.82) is 0 Å². The Balaban J connectivity index is 3.89. The maximum Gasteiger partial charge on any atom is 0.0638 e. The van der Waals surface area contributed by atoms with Gasteiger partial charge < -0.3 is 10.1 Å². The maximum absolute atomic E-state index is 6.06. The van der Waals surface area contributed by atoms with E-state index in [1.165, 1.54) is 0 Å². The van der Waals surface area contributed by atoms with Crippen LogP contribution in [-0.4, -0.2) is 24.8 Å². The van der Waals surface area contributed by atoms with Crippen molar-refractivity contribution >= 4 is 0 Å². The largest absolute Gasteiger partial charge is 0.376 e. The second-order valence-electron chi connectivity index (χ2n) is 7.36. The third-order valence-electron chi connectivity index (χ3n) is 4.08. The number of rotatable bonds is 9. The van der Waals surface area contributed by atoms with Gasteiger partial charge in [-0.1, -0.05) is 41.5 Å². The van der Waals surface area contributed by atoms with Gasteiger partial charge in [0.15, 0.2) is 0 Å². The fourth-order valence-corrected chi connectivity index (χ4v) is 1.61. The van der Waals surface area contributed by atoms with E-state index in [0.29, 0.717) is 17.4 Å². The first-order valence-corrected chi connectivity index (χ1v) is 7.44. The standard InChI is InChI=1S/C16H35NO/c1-13(2)15(5,6)10-12-18-16(7,8)9-11-17-14(3)4/h13-14,17H,9-12H2,1-8H3. The zero-order chi connectivity index (χ0) is 14.4. The average molecular weight is 257 g/mol. The van der Waals surface area contributed by atoms with Crippen LogP contribution in [0.3, 0.4) is 0 Å². The highest BCUT2D eigenvalue weighted by molar-refractivity contribution is 4.75. The van der Waals surface area contributed by atoms with Crippen LogP contribution in [0.15, 0.2) is 0 Å². The Hall–Kier alpha value is -0.0800. The lowest BCUT2D eigenvalue weighted by Crippen LogP contribution is -2.34. The molecule has 0 aliphatic carbocycles. The molecule has 0 aliphatic rings. The molecule has 0 aromatic rings. The van der Waals surface area contributed by atoms with Crippen molar-refractivity contribution < 1.29 is 4.74 Å². The molecule has 0 rings (SSSR count). The summed E-state index contributed by atoms with van der Waals surface area (Å²) in [6.07, 6.45) is 2.19. The van der Waals surface area contributed by atoms with Crippen molar-refractivity contribution in [1.82, 2.24) is 5.32 Å². The summed E-state index contributed by atoms with van der Waals surface area (Å²) in [6, 6.07) is 0.556. The molecule has 0 aromatic carbocycles. The van der Waals surface area contributed by atoms with Gasteiger partial charge in [0.1, 0.15) is 0 Å². The Morgan fingerprint density at radius 1 is 0.944 bits per heavy atom. The molecule has 0 heterocycles. The summed E-state index contributed by atoms with van der Waals surface area (Å²) in [5, 5.41) is 3.45. The molecule has 110 valence electrons. The SMILES string of the molecule is CC(C)NCCC(C)(C)OCCC(C)(C)C(C)C. The van der Waals surface area contributed by atoms with Crippen LogP contribution in [-0.2, 0) is 4.74 Å². The minimum atomic E-state index is -0.0189. The van der Waals surface area contributed by atoms with Gasteiger partial charge in [0.05, 0.1) is 5.60 Å². The summed E-state index contributed by atoms with van der Waals surface area (Å²) in [6.45, 7) is 19.9. The lowest BCUT2D eigenvalue weighted by molar-refractivity contribution is -0.0377. The third-order valence-corrected chi connectivity index (χ3v) is 4.08. The fraction of sp³-hybridized carbons (Fsp3) is 1.00. The molecule has 0 saturated heterocycles. The average Bonchev–Trinajstić information content (AvgIpc) is 2.15. The molecule has 0 saturated carbocycles. The van der Waals surface area contributed by atoms with Gasteiger partial charge in [0, 0.05) is 12.6 Å². The maximum atomic E-state index is 6.06. The quantitative estimate of drug-likeness (QED) is 0.667. The molecule has 0 spiro atoms. The van der Waals surface area contributed by atoms with Crippen LogP contribution in [0.4, 0.5) is 0 Å². The van der Waals surface area contributed by atoms with Gasteiger partial charge in [-0.3, -0.25) is 0 Å². The monoisotopic (exact) mass is 257 g/mol. The van der Waals surface area contributed by atoms with E-state index in [4.69, 9.17) is 4.74 Å². The second kappa shape index (κ2) is 7.49. The summed E-state index contributed by atoms with van der Waals surface area (Å²) in [4.78, 5) is 0. The molecule has 18 heavy (non-hydrogen) atoms. The summed E-state index contributed by atoms with van der Waals surface area (Å²) >= 11 is 0. The molecule has 0 radical (unpaired) electrons. The number of ether oxygens (including phenoxy) is 1. The summed E-state index contributed by atoms with van der Waals surface area (Å²) < 4.78 is 6.06. The summed E-state index contributed by atoms with van der Waals surface area (Å²) in [5.41, 5.74) is 0.348. The molecule has 0 aliphatic heterocycles. The van der Waals surface area contributed by atoms with Crippen LogP contribution in [0.2, 0.25) is 0 Å². The first-order valence-electron chi connectivity index (χ1n) is 7.44. The van der Waals surface area contributed by atoms with Crippen LogP contribution in [0.25, 0.3) is 0 Å². The van der Waals surface area contributed by atoms with Gasteiger partial charge in [-0.05, 0) is 44.6 Å². The number of hydrogen-bond donors (Lipinski definition) is 1. The van der Waals surface area contributed by atoms with Crippen molar-refractivity contribution in [3.63, 3.8) is 0 Å². The molecular weight excluding hydrogens is 222 g/mol. The molecule has 2 nitrogen and oxygen atoms in total. The zero-order valence-corrected chi connectivity index (χ0v) is 13.9. The van der Waals surface area contributed by atoms with Crippen molar-refractivity contribution in [2.45, 2.75) is 79.9 Å². The minimum Gasteiger partial charge on any atom is -0.376 e. The predicted octanol–water partition coefficient (Wildman–Crippen LogP) is 4.24. The minimum absolute atomic E-state index is 0.0189. The molecule has 0 aromatic heterocycles. The second-order valence-corrected chi connectivity index (χ2v) is 7.36. The highest BCUT2D eigenvalue weighted by Crippen LogP contribution is 2.30. The predicted molar refractivity (Wildman–Crippen MR) is 81.0 cm³/mol. The Morgan fingerprint density at radius 2 is 1.50 bits per heavy atom. The third kappa shape index (κ3) is 8.10. The Kier molecular flexibility index (Phi) is 7.46. The Labute approximate surface area is 115 Å². The van der Waals surface area contributed by atoms with Crippen LogP contribution in [0.1, 0.15) is 68.2 Å². The van der Waals surface area contributed by atoms with E-state index >= 15 is 0 Å².